The summed E-state index contributed by atoms with van der Waals surface area (Å²) >= 11 is 0. The van der Waals surface area contributed by atoms with Gasteiger partial charge < -0.3 is 15.1 Å². The fourth-order valence-corrected chi connectivity index (χ4v) is 3.74. The van der Waals surface area contributed by atoms with E-state index in [1.54, 1.807) is 11.1 Å². The molecule has 2 fully saturated rings. The molecule has 1 unspecified atom stereocenters. The molecule has 0 spiro atoms. The topological polar surface area (TPSA) is 78.4 Å². The molecule has 0 radical (unpaired) electrons. The zero-order valence-corrected chi connectivity index (χ0v) is 15.1. The normalized spacial score (nSPS) is 21.8. The summed E-state index contributed by atoms with van der Waals surface area (Å²) in [4.78, 5) is 37.4. The molecule has 1 aliphatic carbocycles. The number of carbonyl (C=O) groups is 2. The van der Waals surface area contributed by atoms with Gasteiger partial charge in [-0.1, -0.05) is 32.1 Å². The van der Waals surface area contributed by atoms with Gasteiger partial charge in [0.15, 0.2) is 0 Å². The zero-order chi connectivity index (χ0) is 17.8. The molecule has 1 saturated heterocycles. The number of nitrogens with zero attached hydrogens (tertiary/aromatic N) is 4. The molecule has 1 aliphatic heterocycles. The molecule has 3 rings (SSSR count). The van der Waals surface area contributed by atoms with Crippen molar-refractivity contribution in [3.63, 3.8) is 0 Å². The van der Waals surface area contributed by atoms with Crippen molar-refractivity contribution in [2.45, 2.75) is 44.6 Å². The van der Waals surface area contributed by atoms with Crippen LogP contribution in [0.1, 0.15) is 49.0 Å². The van der Waals surface area contributed by atoms with E-state index >= 15 is 0 Å². The molecule has 1 aromatic heterocycles. The van der Waals surface area contributed by atoms with Gasteiger partial charge >= 0.3 is 0 Å². The van der Waals surface area contributed by atoms with Crippen molar-refractivity contribution in [2.75, 3.05) is 32.1 Å². The minimum absolute atomic E-state index is 0.0388. The predicted octanol–water partition coefficient (Wildman–Crippen LogP) is 1.45. The summed E-state index contributed by atoms with van der Waals surface area (Å²) in [5.41, 5.74) is 0.300. The summed E-state index contributed by atoms with van der Waals surface area (Å²) in [5.74, 6) is 0.989. The second-order valence-electron chi connectivity index (χ2n) is 7.20. The Bertz CT molecular complexity index is 610. The number of rotatable bonds is 4. The average molecular weight is 345 g/mol. The number of carbonyl (C=O) groups excluding carboxylic acids is 2. The van der Waals surface area contributed by atoms with Gasteiger partial charge in [-0.3, -0.25) is 9.59 Å². The van der Waals surface area contributed by atoms with Crippen LogP contribution in [0.25, 0.3) is 0 Å². The molecule has 1 N–H and O–H groups in total. The first kappa shape index (κ1) is 17.6. The van der Waals surface area contributed by atoms with Gasteiger partial charge in [0.1, 0.15) is 17.6 Å². The van der Waals surface area contributed by atoms with Crippen LogP contribution in [0.4, 0.5) is 5.82 Å². The highest BCUT2D eigenvalue weighted by Gasteiger charge is 2.36. The second-order valence-corrected chi connectivity index (χ2v) is 7.20. The summed E-state index contributed by atoms with van der Waals surface area (Å²) in [7, 11) is 3.75. The van der Waals surface area contributed by atoms with E-state index in [1.165, 1.54) is 25.5 Å². The minimum Gasteiger partial charge on any atom is -0.361 e. The Morgan fingerprint density at radius 3 is 2.64 bits per heavy atom. The van der Waals surface area contributed by atoms with E-state index in [0.29, 0.717) is 30.5 Å². The van der Waals surface area contributed by atoms with Crippen LogP contribution in [-0.2, 0) is 4.79 Å². The molecule has 2 heterocycles. The maximum atomic E-state index is 12.9. The van der Waals surface area contributed by atoms with Crippen LogP contribution in [0.15, 0.2) is 12.4 Å². The summed E-state index contributed by atoms with van der Waals surface area (Å²) in [5, 5.41) is 2.91. The van der Waals surface area contributed by atoms with Crippen LogP contribution in [0.3, 0.4) is 0 Å². The van der Waals surface area contributed by atoms with Crippen LogP contribution in [0.5, 0.6) is 0 Å². The molecule has 0 aromatic carbocycles. The fourth-order valence-electron chi connectivity index (χ4n) is 3.74. The van der Waals surface area contributed by atoms with Crippen LogP contribution >= 0.6 is 0 Å². The largest absolute Gasteiger partial charge is 0.361 e. The molecule has 0 bridgehead atoms. The van der Waals surface area contributed by atoms with Gasteiger partial charge in [0.2, 0.25) is 5.91 Å². The van der Waals surface area contributed by atoms with Crippen LogP contribution in [-0.4, -0.2) is 59.9 Å². The highest BCUT2D eigenvalue weighted by atomic mass is 16.2. The van der Waals surface area contributed by atoms with E-state index in [-0.39, 0.29) is 17.9 Å². The first-order valence-electron chi connectivity index (χ1n) is 9.14. The average Bonchev–Trinajstić information content (AvgIpc) is 2.64. The van der Waals surface area contributed by atoms with Gasteiger partial charge in [-0.2, -0.15) is 0 Å². The Morgan fingerprint density at radius 2 is 2.00 bits per heavy atom. The van der Waals surface area contributed by atoms with Crippen molar-refractivity contribution >= 4 is 17.6 Å². The van der Waals surface area contributed by atoms with Gasteiger partial charge in [-0.25, -0.2) is 9.97 Å². The quantitative estimate of drug-likeness (QED) is 0.894. The molecule has 7 heteroatoms. The Kier molecular flexibility index (Phi) is 5.50. The number of anilines is 1. The smallest absolute Gasteiger partial charge is 0.274 e. The lowest BCUT2D eigenvalue weighted by Gasteiger charge is -2.37. The molecule has 1 atom stereocenters. The highest BCUT2D eigenvalue weighted by Crippen LogP contribution is 2.29. The minimum atomic E-state index is -0.389. The molecule has 1 aromatic rings. The summed E-state index contributed by atoms with van der Waals surface area (Å²) in [6.07, 6.45) is 9.89. The van der Waals surface area contributed by atoms with Gasteiger partial charge in [0.05, 0.1) is 12.4 Å². The zero-order valence-electron chi connectivity index (χ0n) is 15.1. The van der Waals surface area contributed by atoms with Gasteiger partial charge in [0.25, 0.3) is 5.91 Å². The molecule has 25 heavy (non-hydrogen) atoms. The van der Waals surface area contributed by atoms with Gasteiger partial charge in [-0.15, -0.1) is 0 Å². The molecule has 2 aliphatic rings. The van der Waals surface area contributed by atoms with Crippen molar-refractivity contribution in [3.8, 4) is 0 Å². The SMILES string of the molecule is CN(C)c1cnc(C(=O)N2CCNC(=O)C2CC2CCCCC2)cn1. The number of piperazine rings is 1. The summed E-state index contributed by atoms with van der Waals surface area (Å²) in [6, 6.07) is -0.389. The van der Waals surface area contributed by atoms with Crippen molar-refractivity contribution < 1.29 is 9.59 Å². The van der Waals surface area contributed by atoms with E-state index in [4.69, 9.17) is 0 Å². The van der Waals surface area contributed by atoms with Gasteiger partial charge in [0, 0.05) is 27.2 Å². The van der Waals surface area contributed by atoms with Crippen molar-refractivity contribution in [1.29, 1.82) is 0 Å². The standard InChI is InChI=1S/C18H27N5O2/c1-22(2)16-12-20-14(11-21-16)18(25)23-9-8-19-17(24)15(23)10-13-6-4-3-5-7-13/h11-13,15H,3-10H2,1-2H3,(H,19,24). The van der Waals surface area contributed by atoms with E-state index in [9.17, 15) is 9.59 Å². The molecular formula is C18H27N5O2. The lowest BCUT2D eigenvalue weighted by atomic mass is 9.84. The fraction of sp³-hybridized carbons (Fsp3) is 0.667. The monoisotopic (exact) mass is 345 g/mol. The first-order valence-corrected chi connectivity index (χ1v) is 9.14. The third-order valence-corrected chi connectivity index (χ3v) is 5.19. The molecule has 7 nitrogen and oxygen atoms in total. The number of hydrogen-bond donors (Lipinski definition) is 1. The Morgan fingerprint density at radius 1 is 1.24 bits per heavy atom. The predicted molar refractivity (Wildman–Crippen MR) is 95.4 cm³/mol. The van der Waals surface area contributed by atoms with Crippen LogP contribution < -0.4 is 10.2 Å². The first-order chi connectivity index (χ1) is 12.1. The summed E-state index contributed by atoms with van der Waals surface area (Å²) < 4.78 is 0. The Balaban J connectivity index is 1.74. The van der Waals surface area contributed by atoms with Crippen LogP contribution in [0, 0.1) is 5.92 Å². The molecule has 2 amide bonds. The molecular weight excluding hydrogens is 318 g/mol. The Hall–Kier alpha value is -2.18. The van der Waals surface area contributed by atoms with Crippen molar-refractivity contribution in [1.82, 2.24) is 20.2 Å². The van der Waals surface area contributed by atoms with Gasteiger partial charge in [-0.05, 0) is 12.3 Å². The van der Waals surface area contributed by atoms with E-state index in [0.717, 1.165) is 19.3 Å². The molecule has 136 valence electrons. The highest BCUT2D eigenvalue weighted by molar-refractivity contribution is 5.96. The number of aromatic nitrogens is 2. The second kappa shape index (κ2) is 7.80. The third kappa shape index (κ3) is 4.08. The van der Waals surface area contributed by atoms with Crippen LogP contribution in [0.2, 0.25) is 0 Å². The molecule has 1 saturated carbocycles. The number of hydrogen-bond acceptors (Lipinski definition) is 5. The maximum Gasteiger partial charge on any atom is 0.274 e. The number of amides is 2. The van der Waals surface area contributed by atoms with Crippen molar-refractivity contribution in [3.05, 3.63) is 18.1 Å². The lowest BCUT2D eigenvalue weighted by Crippen LogP contribution is -2.57. The van der Waals surface area contributed by atoms with Crippen molar-refractivity contribution in [2.24, 2.45) is 5.92 Å². The number of nitrogens with one attached hydrogen (secondary N) is 1. The van der Waals surface area contributed by atoms with E-state index in [1.807, 2.05) is 19.0 Å². The maximum absolute atomic E-state index is 12.9. The van der Waals surface area contributed by atoms with E-state index in [2.05, 4.69) is 15.3 Å². The Labute approximate surface area is 148 Å². The third-order valence-electron chi connectivity index (χ3n) is 5.19. The summed E-state index contributed by atoms with van der Waals surface area (Å²) in [6.45, 7) is 1.02. The lowest BCUT2D eigenvalue weighted by molar-refractivity contribution is -0.128. The van der Waals surface area contributed by atoms with E-state index < -0.39 is 0 Å².